The molecule has 5 heteroatoms. The van der Waals surface area contributed by atoms with Crippen LogP contribution in [0.1, 0.15) is 42.1 Å². The van der Waals surface area contributed by atoms with Gasteiger partial charge in [0.05, 0.1) is 5.41 Å². The third-order valence-corrected chi connectivity index (χ3v) is 4.21. The fourth-order valence-electron chi connectivity index (χ4n) is 2.96. The summed E-state index contributed by atoms with van der Waals surface area (Å²) in [6, 6.07) is 5.09. The van der Waals surface area contributed by atoms with Gasteiger partial charge in [0, 0.05) is 17.8 Å². The molecule has 0 aliphatic carbocycles. The van der Waals surface area contributed by atoms with E-state index in [2.05, 4.69) is 17.6 Å². The Morgan fingerprint density at radius 1 is 1.43 bits per heavy atom. The van der Waals surface area contributed by atoms with Gasteiger partial charge >= 0.3 is 0 Å². The number of primary amides is 1. The van der Waals surface area contributed by atoms with Crippen LogP contribution in [0.3, 0.4) is 0 Å². The van der Waals surface area contributed by atoms with Crippen LogP contribution in [0.4, 0.5) is 5.69 Å². The summed E-state index contributed by atoms with van der Waals surface area (Å²) in [6.07, 6.45) is 2.73. The largest absolute Gasteiger partial charge is 0.366 e. The SMILES string of the molecule is CCCC1(C(=O)Nc2ccc(C(N)=O)cc2C)CCNC1. The Hall–Kier alpha value is -1.88. The molecule has 21 heavy (non-hydrogen) atoms. The van der Waals surface area contributed by atoms with E-state index in [0.29, 0.717) is 5.56 Å². The van der Waals surface area contributed by atoms with Crippen LogP contribution in [0, 0.1) is 12.3 Å². The molecule has 1 aliphatic heterocycles. The Balaban J connectivity index is 2.17. The number of amides is 2. The second-order valence-electron chi connectivity index (χ2n) is 5.81. The molecule has 1 aromatic carbocycles. The Morgan fingerprint density at radius 2 is 2.19 bits per heavy atom. The molecule has 0 radical (unpaired) electrons. The molecule has 5 nitrogen and oxygen atoms in total. The summed E-state index contributed by atoms with van der Waals surface area (Å²) < 4.78 is 0. The van der Waals surface area contributed by atoms with Crippen molar-refractivity contribution in [1.82, 2.24) is 5.32 Å². The van der Waals surface area contributed by atoms with Gasteiger partial charge in [0.2, 0.25) is 11.8 Å². The van der Waals surface area contributed by atoms with Crippen molar-refractivity contribution in [2.24, 2.45) is 11.1 Å². The number of anilines is 1. The number of hydrogen-bond acceptors (Lipinski definition) is 3. The summed E-state index contributed by atoms with van der Waals surface area (Å²) in [4.78, 5) is 23.8. The van der Waals surface area contributed by atoms with Gasteiger partial charge in [0.25, 0.3) is 0 Å². The molecule has 4 N–H and O–H groups in total. The van der Waals surface area contributed by atoms with Crippen LogP contribution >= 0.6 is 0 Å². The highest BCUT2D eigenvalue weighted by Gasteiger charge is 2.40. The number of carbonyl (C=O) groups excluding carboxylic acids is 2. The summed E-state index contributed by atoms with van der Waals surface area (Å²) in [6.45, 7) is 5.57. The van der Waals surface area contributed by atoms with Crippen molar-refractivity contribution >= 4 is 17.5 Å². The van der Waals surface area contributed by atoms with Crippen molar-refractivity contribution in [2.75, 3.05) is 18.4 Å². The summed E-state index contributed by atoms with van der Waals surface area (Å²) in [5, 5.41) is 6.29. The summed E-state index contributed by atoms with van der Waals surface area (Å²) in [7, 11) is 0. The van der Waals surface area contributed by atoms with E-state index in [1.165, 1.54) is 0 Å². The predicted octanol–water partition coefficient (Wildman–Crippen LogP) is 1.81. The van der Waals surface area contributed by atoms with Crippen molar-refractivity contribution in [2.45, 2.75) is 33.1 Å². The normalized spacial score (nSPS) is 21.2. The van der Waals surface area contributed by atoms with Crippen molar-refractivity contribution in [1.29, 1.82) is 0 Å². The van der Waals surface area contributed by atoms with E-state index in [1.54, 1.807) is 18.2 Å². The van der Waals surface area contributed by atoms with Gasteiger partial charge in [0.1, 0.15) is 0 Å². The zero-order valence-electron chi connectivity index (χ0n) is 12.7. The Labute approximate surface area is 125 Å². The van der Waals surface area contributed by atoms with Crippen molar-refractivity contribution in [3.63, 3.8) is 0 Å². The highest BCUT2D eigenvalue weighted by molar-refractivity contribution is 5.98. The predicted molar refractivity (Wildman–Crippen MR) is 83.2 cm³/mol. The van der Waals surface area contributed by atoms with E-state index in [9.17, 15) is 9.59 Å². The molecule has 1 atom stereocenters. The Kier molecular flexibility index (Phi) is 4.63. The molecule has 1 fully saturated rings. The smallest absolute Gasteiger partial charge is 0.248 e. The molecule has 1 heterocycles. The van der Waals surface area contributed by atoms with E-state index in [0.717, 1.165) is 43.6 Å². The van der Waals surface area contributed by atoms with Crippen molar-refractivity contribution < 1.29 is 9.59 Å². The summed E-state index contributed by atoms with van der Waals surface area (Å²) >= 11 is 0. The standard InChI is InChI=1S/C16H23N3O2/c1-3-6-16(7-8-18-10-16)15(21)19-13-5-4-12(14(17)20)9-11(13)2/h4-5,9,18H,3,6-8,10H2,1-2H3,(H2,17,20)(H,19,21). The number of rotatable bonds is 5. The highest BCUT2D eigenvalue weighted by atomic mass is 16.2. The Bertz CT molecular complexity index is 548. The maximum absolute atomic E-state index is 12.7. The minimum absolute atomic E-state index is 0.0595. The van der Waals surface area contributed by atoms with Gasteiger partial charge in [-0.3, -0.25) is 9.59 Å². The first-order valence-electron chi connectivity index (χ1n) is 7.41. The first-order chi connectivity index (χ1) is 9.98. The maximum atomic E-state index is 12.7. The van der Waals surface area contributed by atoms with Crippen LogP contribution in [-0.2, 0) is 4.79 Å². The van der Waals surface area contributed by atoms with Gasteiger partial charge in [-0.1, -0.05) is 13.3 Å². The molecule has 1 aromatic rings. The average Bonchev–Trinajstić information content (AvgIpc) is 2.91. The molecule has 114 valence electrons. The highest BCUT2D eigenvalue weighted by Crippen LogP contribution is 2.33. The van der Waals surface area contributed by atoms with Crippen LogP contribution < -0.4 is 16.4 Å². The van der Waals surface area contributed by atoms with Crippen molar-refractivity contribution in [3.05, 3.63) is 29.3 Å². The van der Waals surface area contributed by atoms with Crippen LogP contribution in [0.5, 0.6) is 0 Å². The Morgan fingerprint density at radius 3 is 2.71 bits per heavy atom. The number of carbonyl (C=O) groups is 2. The topological polar surface area (TPSA) is 84.2 Å². The molecule has 0 spiro atoms. The molecule has 1 unspecified atom stereocenters. The number of aryl methyl sites for hydroxylation is 1. The van der Waals surface area contributed by atoms with E-state index < -0.39 is 5.91 Å². The van der Waals surface area contributed by atoms with Gasteiger partial charge < -0.3 is 16.4 Å². The first kappa shape index (κ1) is 15.5. The quantitative estimate of drug-likeness (QED) is 0.773. The third kappa shape index (κ3) is 3.24. The molecule has 0 aromatic heterocycles. The molecule has 0 bridgehead atoms. The average molecular weight is 289 g/mol. The second-order valence-corrected chi connectivity index (χ2v) is 5.81. The lowest BCUT2D eigenvalue weighted by Crippen LogP contribution is -2.38. The van der Waals surface area contributed by atoms with Gasteiger partial charge in [0.15, 0.2) is 0 Å². The molecule has 2 rings (SSSR count). The van der Waals surface area contributed by atoms with E-state index in [-0.39, 0.29) is 11.3 Å². The van der Waals surface area contributed by atoms with Gasteiger partial charge in [-0.25, -0.2) is 0 Å². The first-order valence-corrected chi connectivity index (χ1v) is 7.41. The van der Waals surface area contributed by atoms with E-state index in [4.69, 9.17) is 5.73 Å². The zero-order chi connectivity index (χ0) is 15.5. The van der Waals surface area contributed by atoms with E-state index in [1.807, 2.05) is 6.92 Å². The minimum atomic E-state index is -0.460. The molecule has 1 aliphatic rings. The monoisotopic (exact) mass is 289 g/mol. The number of nitrogens with two attached hydrogens (primary N) is 1. The van der Waals surface area contributed by atoms with Crippen LogP contribution in [0.2, 0.25) is 0 Å². The fraction of sp³-hybridized carbons (Fsp3) is 0.500. The van der Waals surface area contributed by atoms with Crippen LogP contribution in [0.25, 0.3) is 0 Å². The number of hydrogen-bond donors (Lipinski definition) is 3. The third-order valence-electron chi connectivity index (χ3n) is 4.21. The number of benzene rings is 1. The minimum Gasteiger partial charge on any atom is -0.366 e. The molecule has 0 saturated carbocycles. The van der Waals surface area contributed by atoms with Crippen molar-refractivity contribution in [3.8, 4) is 0 Å². The molecular formula is C16H23N3O2. The maximum Gasteiger partial charge on any atom is 0.248 e. The number of nitrogens with one attached hydrogen (secondary N) is 2. The lowest BCUT2D eigenvalue weighted by molar-refractivity contribution is -0.125. The van der Waals surface area contributed by atoms with E-state index >= 15 is 0 Å². The lowest BCUT2D eigenvalue weighted by Gasteiger charge is -2.27. The second kappa shape index (κ2) is 6.26. The molecule has 2 amide bonds. The summed E-state index contributed by atoms with van der Waals surface area (Å²) in [5.74, 6) is -0.400. The van der Waals surface area contributed by atoms with Crippen LogP contribution in [0.15, 0.2) is 18.2 Å². The summed E-state index contributed by atoms with van der Waals surface area (Å²) in [5.41, 5.74) is 6.99. The van der Waals surface area contributed by atoms with Gasteiger partial charge in [-0.15, -0.1) is 0 Å². The fourth-order valence-corrected chi connectivity index (χ4v) is 2.96. The molecule has 1 saturated heterocycles. The zero-order valence-corrected chi connectivity index (χ0v) is 12.7. The molecular weight excluding hydrogens is 266 g/mol. The van der Waals surface area contributed by atoms with Crippen LogP contribution in [-0.4, -0.2) is 24.9 Å². The van der Waals surface area contributed by atoms with Gasteiger partial charge in [-0.2, -0.15) is 0 Å². The lowest BCUT2D eigenvalue weighted by atomic mass is 9.81. The van der Waals surface area contributed by atoms with Gasteiger partial charge in [-0.05, 0) is 50.1 Å².